The zero-order chi connectivity index (χ0) is 15.9. The van der Waals surface area contributed by atoms with Crippen LogP contribution >= 0.6 is 0 Å². The quantitative estimate of drug-likeness (QED) is 0.610. The van der Waals surface area contributed by atoms with E-state index in [1.165, 1.54) is 5.56 Å². The third kappa shape index (κ3) is 5.43. The van der Waals surface area contributed by atoms with Gasteiger partial charge in [0.25, 0.3) is 0 Å². The van der Waals surface area contributed by atoms with E-state index in [0.717, 1.165) is 12.0 Å². The van der Waals surface area contributed by atoms with Crippen LogP contribution in [0.3, 0.4) is 0 Å². The first-order valence-corrected chi connectivity index (χ1v) is 7.33. The summed E-state index contributed by atoms with van der Waals surface area (Å²) in [6.45, 7) is 9.26. The van der Waals surface area contributed by atoms with E-state index in [1.54, 1.807) is 17.1 Å². The Kier molecular flexibility index (Phi) is 6.17. The maximum absolute atomic E-state index is 12.0. The summed E-state index contributed by atoms with van der Waals surface area (Å²) in [5, 5.41) is 8.74. The van der Waals surface area contributed by atoms with E-state index in [2.05, 4.69) is 32.9 Å². The summed E-state index contributed by atoms with van der Waals surface area (Å²) in [6.07, 6.45) is 4.19. The molecule has 0 aromatic heterocycles. The Morgan fingerprint density at radius 3 is 2.38 bits per heavy atom. The summed E-state index contributed by atoms with van der Waals surface area (Å²) >= 11 is 0. The summed E-state index contributed by atoms with van der Waals surface area (Å²) in [4.78, 5) is 13.6. The summed E-state index contributed by atoms with van der Waals surface area (Å²) in [7, 11) is 0. The molecule has 1 aromatic carbocycles. The summed E-state index contributed by atoms with van der Waals surface area (Å²) in [6, 6.07) is 10.2. The van der Waals surface area contributed by atoms with E-state index in [1.807, 2.05) is 25.1 Å². The van der Waals surface area contributed by atoms with E-state index < -0.39 is 0 Å². The molecule has 0 radical (unpaired) electrons. The van der Waals surface area contributed by atoms with Crippen LogP contribution in [0.1, 0.15) is 45.2 Å². The number of amides is 1. The molecule has 1 aromatic rings. The minimum atomic E-state index is -0.113. The Balaban J connectivity index is 2.76. The molecule has 112 valence electrons. The van der Waals surface area contributed by atoms with Crippen molar-refractivity contribution < 1.29 is 4.79 Å². The van der Waals surface area contributed by atoms with Gasteiger partial charge in [-0.3, -0.25) is 4.79 Å². The van der Waals surface area contributed by atoms with Crippen LogP contribution < -0.4 is 0 Å². The molecule has 0 atom stereocenters. The first-order chi connectivity index (χ1) is 9.88. The van der Waals surface area contributed by atoms with Gasteiger partial charge in [0.1, 0.15) is 6.54 Å². The summed E-state index contributed by atoms with van der Waals surface area (Å²) < 4.78 is 0. The number of nitrogens with zero attached hydrogens (tertiary/aromatic N) is 2. The maximum Gasteiger partial charge on any atom is 0.247 e. The Labute approximate surface area is 127 Å². The molecule has 1 rings (SSSR count). The maximum atomic E-state index is 12.0. The molecule has 3 nitrogen and oxygen atoms in total. The van der Waals surface area contributed by atoms with E-state index >= 15 is 0 Å². The number of carbonyl (C=O) groups excluding carboxylic acids is 1. The number of carbonyl (C=O) groups is 1. The molecular weight excluding hydrogens is 260 g/mol. The summed E-state index contributed by atoms with van der Waals surface area (Å²) in [5.41, 5.74) is 2.39. The number of benzene rings is 1. The molecule has 0 N–H and O–H groups in total. The number of rotatable bonds is 5. The molecule has 0 bridgehead atoms. The van der Waals surface area contributed by atoms with Crippen molar-refractivity contribution in [3.63, 3.8) is 0 Å². The molecule has 0 fully saturated rings. The molecule has 0 saturated carbocycles. The minimum Gasteiger partial charge on any atom is -0.326 e. The van der Waals surface area contributed by atoms with Crippen LogP contribution in [0.15, 0.2) is 30.3 Å². The fraction of sp³-hybridized carbons (Fsp3) is 0.444. The molecule has 3 heteroatoms. The smallest absolute Gasteiger partial charge is 0.247 e. The number of hydrogen-bond donors (Lipinski definition) is 0. The Bertz CT molecular complexity index is 530. The minimum absolute atomic E-state index is 0.113. The molecular formula is C18H24N2O. The van der Waals surface area contributed by atoms with Gasteiger partial charge in [0, 0.05) is 12.6 Å². The first kappa shape index (κ1) is 17.0. The Hall–Kier alpha value is -2.08. The normalized spacial score (nSPS) is 11.4. The standard InChI is InChI=1S/C18H24N2O/c1-5-13-20(14-12-19)17(21)11-8-15-6-9-16(10-7-15)18(2,3)4/h6-11H,5,13-14H2,1-4H3/b11-8+. The lowest BCUT2D eigenvalue weighted by molar-refractivity contribution is -0.125. The van der Waals surface area contributed by atoms with Gasteiger partial charge < -0.3 is 4.90 Å². The van der Waals surface area contributed by atoms with Crippen LogP contribution in [0, 0.1) is 11.3 Å². The predicted octanol–water partition coefficient (Wildman–Crippen LogP) is 3.76. The molecule has 21 heavy (non-hydrogen) atoms. The van der Waals surface area contributed by atoms with Gasteiger partial charge in [-0.2, -0.15) is 5.26 Å². The van der Waals surface area contributed by atoms with Gasteiger partial charge in [-0.05, 0) is 29.0 Å². The largest absolute Gasteiger partial charge is 0.326 e. The lowest BCUT2D eigenvalue weighted by Crippen LogP contribution is -2.30. The average Bonchev–Trinajstić information content (AvgIpc) is 2.44. The van der Waals surface area contributed by atoms with Crippen molar-refractivity contribution in [3.8, 4) is 6.07 Å². The topological polar surface area (TPSA) is 44.1 Å². The highest BCUT2D eigenvalue weighted by Crippen LogP contribution is 2.22. The van der Waals surface area contributed by atoms with Gasteiger partial charge in [0.15, 0.2) is 0 Å². The molecule has 0 heterocycles. The molecule has 0 aliphatic carbocycles. The lowest BCUT2D eigenvalue weighted by Gasteiger charge is -2.19. The van der Waals surface area contributed by atoms with Gasteiger partial charge in [-0.1, -0.05) is 52.0 Å². The fourth-order valence-electron chi connectivity index (χ4n) is 1.99. The number of hydrogen-bond acceptors (Lipinski definition) is 2. The fourth-order valence-corrected chi connectivity index (χ4v) is 1.99. The molecule has 0 spiro atoms. The van der Waals surface area contributed by atoms with Crippen molar-refractivity contribution in [2.45, 2.75) is 39.5 Å². The van der Waals surface area contributed by atoms with E-state index in [9.17, 15) is 4.79 Å². The van der Waals surface area contributed by atoms with Crippen LogP contribution in [-0.4, -0.2) is 23.9 Å². The van der Waals surface area contributed by atoms with E-state index in [0.29, 0.717) is 6.54 Å². The van der Waals surface area contributed by atoms with Crippen LogP contribution in [0.2, 0.25) is 0 Å². The van der Waals surface area contributed by atoms with Crippen molar-refractivity contribution in [1.29, 1.82) is 5.26 Å². The van der Waals surface area contributed by atoms with E-state index in [4.69, 9.17) is 5.26 Å². The Morgan fingerprint density at radius 2 is 1.90 bits per heavy atom. The SMILES string of the molecule is CCCN(CC#N)C(=O)/C=C/c1ccc(C(C)(C)C)cc1. The van der Waals surface area contributed by atoms with Crippen molar-refractivity contribution in [1.82, 2.24) is 4.90 Å². The van der Waals surface area contributed by atoms with Crippen LogP contribution in [0.25, 0.3) is 6.08 Å². The second-order valence-corrected chi connectivity index (χ2v) is 6.12. The third-order valence-corrected chi connectivity index (χ3v) is 3.26. The highest BCUT2D eigenvalue weighted by atomic mass is 16.2. The van der Waals surface area contributed by atoms with Crippen molar-refractivity contribution >= 4 is 12.0 Å². The van der Waals surface area contributed by atoms with Crippen molar-refractivity contribution in [2.24, 2.45) is 0 Å². The molecule has 0 saturated heterocycles. The van der Waals surface area contributed by atoms with Gasteiger partial charge in [0.05, 0.1) is 6.07 Å². The highest BCUT2D eigenvalue weighted by molar-refractivity contribution is 5.91. The molecule has 0 aliphatic rings. The van der Waals surface area contributed by atoms with Crippen LogP contribution in [-0.2, 0) is 10.2 Å². The second kappa shape index (κ2) is 7.64. The van der Waals surface area contributed by atoms with Gasteiger partial charge in [-0.25, -0.2) is 0 Å². The van der Waals surface area contributed by atoms with Gasteiger partial charge in [0.2, 0.25) is 5.91 Å². The lowest BCUT2D eigenvalue weighted by atomic mass is 9.87. The average molecular weight is 284 g/mol. The zero-order valence-electron chi connectivity index (χ0n) is 13.4. The molecule has 0 unspecified atom stereocenters. The van der Waals surface area contributed by atoms with E-state index in [-0.39, 0.29) is 17.9 Å². The van der Waals surface area contributed by atoms with Crippen molar-refractivity contribution in [2.75, 3.05) is 13.1 Å². The third-order valence-electron chi connectivity index (χ3n) is 3.26. The molecule has 1 amide bonds. The molecule has 0 aliphatic heterocycles. The van der Waals surface area contributed by atoms with Crippen molar-refractivity contribution in [3.05, 3.63) is 41.5 Å². The van der Waals surface area contributed by atoms with Gasteiger partial charge >= 0.3 is 0 Å². The Morgan fingerprint density at radius 1 is 1.29 bits per heavy atom. The number of nitriles is 1. The van der Waals surface area contributed by atoms with Crippen LogP contribution in [0.5, 0.6) is 0 Å². The van der Waals surface area contributed by atoms with Gasteiger partial charge in [-0.15, -0.1) is 0 Å². The highest BCUT2D eigenvalue weighted by Gasteiger charge is 2.12. The zero-order valence-corrected chi connectivity index (χ0v) is 13.4. The monoisotopic (exact) mass is 284 g/mol. The predicted molar refractivity (Wildman–Crippen MR) is 86.7 cm³/mol. The van der Waals surface area contributed by atoms with Crippen LogP contribution in [0.4, 0.5) is 0 Å². The first-order valence-electron chi connectivity index (χ1n) is 7.33. The summed E-state index contributed by atoms with van der Waals surface area (Å²) in [5.74, 6) is -0.113. The second-order valence-electron chi connectivity index (χ2n) is 6.12.